The summed E-state index contributed by atoms with van der Waals surface area (Å²) in [7, 11) is 0. The lowest BCUT2D eigenvalue weighted by Crippen LogP contribution is -2.49. The molecule has 0 aliphatic carbocycles. The minimum absolute atomic E-state index is 0.0210. The van der Waals surface area contributed by atoms with Crippen LogP contribution in [0.1, 0.15) is 63.7 Å². The van der Waals surface area contributed by atoms with E-state index in [1.807, 2.05) is 25.7 Å². The van der Waals surface area contributed by atoms with Crippen LogP contribution in [-0.4, -0.2) is 53.9 Å². The molecule has 2 aliphatic rings. The zero-order valence-corrected chi connectivity index (χ0v) is 19.0. The summed E-state index contributed by atoms with van der Waals surface area (Å²) in [6.45, 7) is 10.7. The highest BCUT2D eigenvalue weighted by Crippen LogP contribution is 2.32. The van der Waals surface area contributed by atoms with Crippen molar-refractivity contribution in [3.63, 3.8) is 0 Å². The number of hydrogen-bond acceptors (Lipinski definition) is 5. The van der Waals surface area contributed by atoms with Crippen LogP contribution < -0.4 is 10.2 Å². The van der Waals surface area contributed by atoms with Gasteiger partial charge in [-0.15, -0.1) is 0 Å². The number of nitrogens with zero attached hydrogens (tertiary/aromatic N) is 3. The molecule has 1 unspecified atom stereocenters. The molecule has 2 amide bonds. The summed E-state index contributed by atoms with van der Waals surface area (Å²) < 4.78 is 0. The van der Waals surface area contributed by atoms with Crippen LogP contribution in [-0.2, 0) is 4.79 Å². The van der Waals surface area contributed by atoms with E-state index in [1.54, 1.807) is 12.1 Å². The maximum Gasteiger partial charge on any atom is 0.293 e. The molecular weight excluding hydrogens is 396 g/mol. The molecule has 2 saturated heterocycles. The van der Waals surface area contributed by atoms with Gasteiger partial charge in [-0.25, -0.2) is 0 Å². The van der Waals surface area contributed by atoms with E-state index in [-0.39, 0.29) is 23.5 Å². The molecule has 170 valence electrons. The smallest absolute Gasteiger partial charge is 0.293 e. The van der Waals surface area contributed by atoms with E-state index in [2.05, 4.69) is 17.1 Å². The number of piperidine rings is 2. The maximum atomic E-state index is 12.8. The van der Waals surface area contributed by atoms with Crippen molar-refractivity contribution in [2.45, 2.75) is 59.4 Å². The molecule has 1 N–H and O–H groups in total. The second-order valence-corrected chi connectivity index (χ2v) is 9.94. The van der Waals surface area contributed by atoms with Gasteiger partial charge in [0.05, 0.1) is 4.92 Å². The quantitative estimate of drug-likeness (QED) is 0.582. The van der Waals surface area contributed by atoms with Crippen molar-refractivity contribution >= 4 is 23.2 Å². The first kappa shape index (κ1) is 23.0. The molecule has 0 aromatic heterocycles. The van der Waals surface area contributed by atoms with Gasteiger partial charge in [-0.05, 0) is 43.7 Å². The molecule has 0 spiro atoms. The van der Waals surface area contributed by atoms with Gasteiger partial charge < -0.3 is 15.1 Å². The Morgan fingerprint density at radius 3 is 2.39 bits per heavy atom. The van der Waals surface area contributed by atoms with Crippen molar-refractivity contribution in [2.75, 3.05) is 31.1 Å². The Morgan fingerprint density at radius 1 is 1.13 bits per heavy atom. The van der Waals surface area contributed by atoms with Gasteiger partial charge in [0.1, 0.15) is 5.69 Å². The normalized spacial score (nSPS) is 20.5. The van der Waals surface area contributed by atoms with E-state index >= 15 is 0 Å². The number of nitro benzene ring substituents is 1. The second kappa shape index (κ2) is 9.24. The number of hydrogen-bond donors (Lipinski definition) is 1. The fourth-order valence-corrected chi connectivity index (χ4v) is 4.46. The summed E-state index contributed by atoms with van der Waals surface area (Å²) in [6, 6.07) is 4.73. The summed E-state index contributed by atoms with van der Waals surface area (Å²) >= 11 is 0. The van der Waals surface area contributed by atoms with E-state index in [4.69, 9.17) is 0 Å². The zero-order valence-electron chi connectivity index (χ0n) is 19.0. The number of likely N-dealkylation sites (tertiary alicyclic amines) is 1. The van der Waals surface area contributed by atoms with Crippen molar-refractivity contribution in [3.05, 3.63) is 33.9 Å². The van der Waals surface area contributed by atoms with E-state index in [0.29, 0.717) is 43.1 Å². The standard InChI is InChI=1S/C23H34N4O4/c1-16-6-5-11-26(15-16)19-8-7-17(14-20(19)27(30)31)21(28)24-18-9-12-25(13-10-18)22(29)23(2,3)4/h7-8,14,16,18H,5-6,9-13,15H2,1-4H3,(H,24,28). The van der Waals surface area contributed by atoms with Gasteiger partial charge >= 0.3 is 0 Å². The largest absolute Gasteiger partial charge is 0.366 e. The molecule has 0 bridgehead atoms. The first-order chi connectivity index (χ1) is 14.6. The molecule has 1 atom stereocenters. The van der Waals surface area contributed by atoms with Gasteiger partial charge in [-0.3, -0.25) is 19.7 Å². The Kier molecular flexibility index (Phi) is 6.86. The molecule has 0 saturated carbocycles. The lowest BCUT2D eigenvalue weighted by Gasteiger charge is -2.36. The SMILES string of the molecule is CC1CCCN(c2ccc(C(=O)NC3CCN(C(=O)C(C)(C)C)CC3)cc2[N+](=O)[O-])C1. The molecule has 2 aliphatic heterocycles. The van der Waals surface area contributed by atoms with E-state index in [9.17, 15) is 19.7 Å². The molecule has 2 fully saturated rings. The first-order valence-corrected chi connectivity index (χ1v) is 11.2. The number of carbonyl (C=O) groups is 2. The van der Waals surface area contributed by atoms with E-state index in [1.165, 1.54) is 6.07 Å². The predicted octanol–water partition coefficient (Wildman–Crippen LogP) is 3.60. The van der Waals surface area contributed by atoms with Crippen LogP contribution in [0.5, 0.6) is 0 Å². The van der Waals surface area contributed by atoms with Crippen LogP contribution in [0.4, 0.5) is 11.4 Å². The monoisotopic (exact) mass is 430 g/mol. The Balaban J connectivity index is 1.65. The third kappa shape index (κ3) is 5.54. The number of rotatable bonds is 4. The highest BCUT2D eigenvalue weighted by molar-refractivity contribution is 5.96. The minimum atomic E-state index is -0.414. The Bertz CT molecular complexity index is 840. The zero-order chi connectivity index (χ0) is 22.8. The second-order valence-electron chi connectivity index (χ2n) is 9.94. The molecule has 3 rings (SSSR count). The van der Waals surface area contributed by atoms with Crippen LogP contribution >= 0.6 is 0 Å². The van der Waals surface area contributed by atoms with Crippen molar-refractivity contribution in [2.24, 2.45) is 11.3 Å². The van der Waals surface area contributed by atoms with Gasteiger partial charge in [0.25, 0.3) is 11.6 Å². The molecule has 31 heavy (non-hydrogen) atoms. The van der Waals surface area contributed by atoms with Gasteiger partial charge in [0.2, 0.25) is 5.91 Å². The molecule has 1 aromatic carbocycles. The molecule has 1 aromatic rings. The van der Waals surface area contributed by atoms with Crippen molar-refractivity contribution in [1.82, 2.24) is 10.2 Å². The Morgan fingerprint density at radius 2 is 1.81 bits per heavy atom. The number of anilines is 1. The fraction of sp³-hybridized carbons (Fsp3) is 0.652. The number of nitro groups is 1. The highest BCUT2D eigenvalue weighted by Gasteiger charge is 2.31. The Hall–Kier alpha value is -2.64. The summed E-state index contributed by atoms with van der Waals surface area (Å²) in [5.74, 6) is 0.310. The van der Waals surface area contributed by atoms with Gasteiger partial charge in [0.15, 0.2) is 0 Å². The highest BCUT2D eigenvalue weighted by atomic mass is 16.6. The topological polar surface area (TPSA) is 95.8 Å². The number of carbonyl (C=O) groups excluding carboxylic acids is 2. The predicted molar refractivity (Wildman–Crippen MR) is 120 cm³/mol. The third-order valence-corrected chi connectivity index (χ3v) is 6.19. The number of amides is 2. The average molecular weight is 431 g/mol. The number of nitrogens with one attached hydrogen (secondary N) is 1. The van der Waals surface area contributed by atoms with Crippen LogP contribution in [0, 0.1) is 21.4 Å². The first-order valence-electron chi connectivity index (χ1n) is 11.2. The molecule has 8 nitrogen and oxygen atoms in total. The van der Waals surface area contributed by atoms with Crippen LogP contribution in [0.3, 0.4) is 0 Å². The van der Waals surface area contributed by atoms with Gasteiger partial charge in [-0.2, -0.15) is 0 Å². The van der Waals surface area contributed by atoms with Crippen LogP contribution in [0.15, 0.2) is 18.2 Å². The van der Waals surface area contributed by atoms with Crippen molar-refractivity contribution < 1.29 is 14.5 Å². The average Bonchev–Trinajstić information content (AvgIpc) is 2.72. The summed E-state index contributed by atoms with van der Waals surface area (Å²) in [5.41, 5.74) is 0.450. The molecule has 2 heterocycles. The fourth-order valence-electron chi connectivity index (χ4n) is 4.46. The summed E-state index contributed by atoms with van der Waals surface area (Å²) in [5, 5.41) is 14.7. The molecule has 0 radical (unpaired) electrons. The lowest BCUT2D eigenvalue weighted by molar-refractivity contribution is -0.384. The Labute approximate surface area is 184 Å². The van der Waals surface area contributed by atoms with Gasteiger partial charge in [0, 0.05) is 49.3 Å². The molecule has 8 heteroatoms. The summed E-state index contributed by atoms with van der Waals surface area (Å²) in [4.78, 5) is 40.4. The summed E-state index contributed by atoms with van der Waals surface area (Å²) in [6.07, 6.45) is 3.50. The van der Waals surface area contributed by atoms with Crippen molar-refractivity contribution in [1.29, 1.82) is 0 Å². The minimum Gasteiger partial charge on any atom is -0.366 e. The third-order valence-electron chi connectivity index (χ3n) is 6.19. The molecular formula is C23H34N4O4. The van der Waals surface area contributed by atoms with Gasteiger partial charge in [-0.1, -0.05) is 27.7 Å². The van der Waals surface area contributed by atoms with E-state index < -0.39 is 10.3 Å². The number of benzene rings is 1. The van der Waals surface area contributed by atoms with E-state index in [0.717, 1.165) is 25.9 Å². The lowest BCUT2D eigenvalue weighted by atomic mass is 9.93. The van der Waals surface area contributed by atoms with Crippen LogP contribution in [0.2, 0.25) is 0 Å². The van der Waals surface area contributed by atoms with Crippen molar-refractivity contribution in [3.8, 4) is 0 Å². The van der Waals surface area contributed by atoms with Crippen LogP contribution in [0.25, 0.3) is 0 Å². The maximum absolute atomic E-state index is 12.8.